The molecule has 1 fully saturated rings. The molecule has 1 saturated heterocycles. The van der Waals surface area contributed by atoms with Crippen LogP contribution in [0.25, 0.3) is 0 Å². The van der Waals surface area contributed by atoms with E-state index >= 15 is 0 Å². The molecule has 0 saturated carbocycles. The van der Waals surface area contributed by atoms with E-state index in [0.717, 1.165) is 43.4 Å². The zero-order valence-corrected chi connectivity index (χ0v) is 13.0. The minimum Gasteiger partial charge on any atom is -0.384 e. The molecule has 20 heavy (non-hydrogen) atoms. The SMILES string of the molecule is CCCOC1CCCN(CCNc2cccc(Cl)c2)C1. The van der Waals surface area contributed by atoms with Crippen molar-refractivity contribution >= 4 is 17.3 Å². The van der Waals surface area contributed by atoms with Gasteiger partial charge in [-0.05, 0) is 44.0 Å². The molecule has 1 aromatic rings. The van der Waals surface area contributed by atoms with Gasteiger partial charge in [-0.15, -0.1) is 0 Å². The first-order valence-electron chi connectivity index (χ1n) is 7.61. The van der Waals surface area contributed by atoms with E-state index in [2.05, 4.69) is 23.2 Å². The number of ether oxygens (including phenoxy) is 1. The number of nitrogens with one attached hydrogen (secondary N) is 1. The first kappa shape index (κ1) is 15.6. The van der Waals surface area contributed by atoms with Crippen LogP contribution in [0.5, 0.6) is 0 Å². The van der Waals surface area contributed by atoms with Crippen LogP contribution < -0.4 is 5.32 Å². The average Bonchev–Trinajstić information content (AvgIpc) is 2.46. The molecule has 112 valence electrons. The highest BCUT2D eigenvalue weighted by molar-refractivity contribution is 6.30. The summed E-state index contributed by atoms with van der Waals surface area (Å²) in [5.41, 5.74) is 1.09. The molecule has 4 heteroatoms. The predicted molar refractivity (Wildman–Crippen MR) is 85.6 cm³/mol. The second kappa shape index (κ2) is 8.50. The number of hydrogen-bond donors (Lipinski definition) is 1. The van der Waals surface area contributed by atoms with Crippen molar-refractivity contribution in [3.8, 4) is 0 Å². The number of halogens is 1. The van der Waals surface area contributed by atoms with Crippen molar-refractivity contribution in [2.45, 2.75) is 32.3 Å². The van der Waals surface area contributed by atoms with Gasteiger partial charge in [-0.3, -0.25) is 4.90 Å². The fourth-order valence-corrected chi connectivity index (χ4v) is 2.78. The maximum Gasteiger partial charge on any atom is 0.0702 e. The van der Waals surface area contributed by atoms with Crippen molar-refractivity contribution in [3.05, 3.63) is 29.3 Å². The molecule has 1 unspecified atom stereocenters. The molecule has 1 aliphatic heterocycles. The Kier molecular flexibility index (Phi) is 6.64. The summed E-state index contributed by atoms with van der Waals surface area (Å²) in [6.45, 7) is 7.30. The molecule has 1 atom stereocenters. The summed E-state index contributed by atoms with van der Waals surface area (Å²) in [6.07, 6.45) is 3.98. The van der Waals surface area contributed by atoms with Crippen molar-refractivity contribution in [1.29, 1.82) is 0 Å². The largest absolute Gasteiger partial charge is 0.384 e. The number of nitrogens with zero attached hydrogens (tertiary/aromatic N) is 1. The average molecular weight is 297 g/mol. The summed E-state index contributed by atoms with van der Waals surface area (Å²) < 4.78 is 5.86. The Bertz CT molecular complexity index is 400. The second-order valence-corrected chi connectivity index (χ2v) is 5.81. The lowest BCUT2D eigenvalue weighted by Gasteiger charge is -2.32. The van der Waals surface area contributed by atoms with Gasteiger partial charge in [0.2, 0.25) is 0 Å². The Morgan fingerprint density at radius 1 is 1.45 bits per heavy atom. The summed E-state index contributed by atoms with van der Waals surface area (Å²) in [7, 11) is 0. The molecule has 0 radical (unpaired) electrons. The maximum absolute atomic E-state index is 5.97. The van der Waals surface area contributed by atoms with E-state index in [1.807, 2.05) is 18.2 Å². The van der Waals surface area contributed by atoms with E-state index in [-0.39, 0.29) is 0 Å². The van der Waals surface area contributed by atoms with Crippen molar-refractivity contribution < 1.29 is 4.74 Å². The van der Waals surface area contributed by atoms with Crippen LogP contribution in [0.4, 0.5) is 5.69 Å². The molecule has 2 rings (SSSR count). The number of piperidine rings is 1. The molecule has 0 spiro atoms. The fourth-order valence-electron chi connectivity index (χ4n) is 2.59. The van der Waals surface area contributed by atoms with Crippen molar-refractivity contribution in [2.75, 3.05) is 38.1 Å². The molecular weight excluding hydrogens is 272 g/mol. The third kappa shape index (κ3) is 5.31. The van der Waals surface area contributed by atoms with Crippen LogP contribution in [-0.4, -0.2) is 43.8 Å². The van der Waals surface area contributed by atoms with Gasteiger partial charge < -0.3 is 10.1 Å². The van der Waals surface area contributed by atoms with Gasteiger partial charge in [0, 0.05) is 37.0 Å². The molecule has 1 heterocycles. The normalized spacial score (nSPS) is 20.0. The number of anilines is 1. The van der Waals surface area contributed by atoms with E-state index in [0.29, 0.717) is 6.10 Å². The van der Waals surface area contributed by atoms with Crippen molar-refractivity contribution in [2.24, 2.45) is 0 Å². The molecule has 0 bridgehead atoms. The van der Waals surface area contributed by atoms with E-state index in [1.165, 1.54) is 19.4 Å². The lowest BCUT2D eigenvalue weighted by atomic mass is 10.1. The second-order valence-electron chi connectivity index (χ2n) is 5.37. The standard InChI is InChI=1S/C16H25ClN2O/c1-2-11-20-16-7-4-9-19(13-16)10-8-18-15-6-3-5-14(17)12-15/h3,5-6,12,16,18H,2,4,7-11,13H2,1H3. The van der Waals surface area contributed by atoms with Gasteiger partial charge in [0.05, 0.1) is 6.10 Å². The first-order chi connectivity index (χ1) is 9.78. The van der Waals surface area contributed by atoms with E-state index in [4.69, 9.17) is 16.3 Å². The van der Waals surface area contributed by atoms with Gasteiger partial charge in [0.1, 0.15) is 0 Å². The van der Waals surface area contributed by atoms with Gasteiger partial charge in [0.25, 0.3) is 0 Å². The van der Waals surface area contributed by atoms with Crippen LogP contribution in [-0.2, 0) is 4.74 Å². The number of hydrogen-bond acceptors (Lipinski definition) is 3. The highest BCUT2D eigenvalue weighted by Crippen LogP contribution is 2.15. The lowest BCUT2D eigenvalue weighted by Crippen LogP contribution is -2.41. The van der Waals surface area contributed by atoms with Crippen LogP contribution in [0.2, 0.25) is 5.02 Å². The molecule has 1 aliphatic rings. The zero-order chi connectivity index (χ0) is 14.2. The van der Waals surface area contributed by atoms with Crippen LogP contribution in [0, 0.1) is 0 Å². The predicted octanol–water partition coefficient (Wildman–Crippen LogP) is 3.64. The van der Waals surface area contributed by atoms with Crippen molar-refractivity contribution in [1.82, 2.24) is 4.90 Å². The third-order valence-electron chi connectivity index (χ3n) is 3.60. The van der Waals surface area contributed by atoms with E-state index < -0.39 is 0 Å². The molecule has 0 aromatic heterocycles. The Hall–Kier alpha value is -0.770. The molecule has 1 N–H and O–H groups in total. The Labute approximate surface area is 127 Å². The Balaban J connectivity index is 1.68. The van der Waals surface area contributed by atoms with Crippen LogP contribution >= 0.6 is 11.6 Å². The smallest absolute Gasteiger partial charge is 0.0702 e. The maximum atomic E-state index is 5.97. The summed E-state index contributed by atoms with van der Waals surface area (Å²) >= 11 is 5.97. The highest BCUT2D eigenvalue weighted by Gasteiger charge is 2.19. The lowest BCUT2D eigenvalue weighted by molar-refractivity contribution is 0.00110. The quantitative estimate of drug-likeness (QED) is 0.831. The van der Waals surface area contributed by atoms with E-state index in [9.17, 15) is 0 Å². The summed E-state index contributed by atoms with van der Waals surface area (Å²) in [4.78, 5) is 2.49. The number of likely N-dealkylation sites (tertiary alicyclic amines) is 1. The van der Waals surface area contributed by atoms with Gasteiger partial charge in [0.15, 0.2) is 0 Å². The van der Waals surface area contributed by atoms with Crippen molar-refractivity contribution in [3.63, 3.8) is 0 Å². The van der Waals surface area contributed by atoms with Gasteiger partial charge in [-0.25, -0.2) is 0 Å². The van der Waals surface area contributed by atoms with Gasteiger partial charge in [-0.1, -0.05) is 24.6 Å². The summed E-state index contributed by atoms with van der Waals surface area (Å²) in [6, 6.07) is 7.88. The number of rotatable bonds is 7. The first-order valence-corrected chi connectivity index (χ1v) is 7.99. The monoisotopic (exact) mass is 296 g/mol. The molecule has 3 nitrogen and oxygen atoms in total. The highest BCUT2D eigenvalue weighted by atomic mass is 35.5. The van der Waals surface area contributed by atoms with Gasteiger partial charge in [-0.2, -0.15) is 0 Å². The molecule has 0 amide bonds. The third-order valence-corrected chi connectivity index (χ3v) is 3.84. The fraction of sp³-hybridized carbons (Fsp3) is 0.625. The molecular formula is C16H25ClN2O. The van der Waals surface area contributed by atoms with E-state index in [1.54, 1.807) is 0 Å². The van der Waals surface area contributed by atoms with Gasteiger partial charge >= 0.3 is 0 Å². The topological polar surface area (TPSA) is 24.5 Å². The minimum absolute atomic E-state index is 0.426. The molecule has 0 aliphatic carbocycles. The number of benzene rings is 1. The van der Waals surface area contributed by atoms with Crippen LogP contribution in [0.15, 0.2) is 24.3 Å². The Morgan fingerprint density at radius 2 is 2.35 bits per heavy atom. The molecule has 1 aromatic carbocycles. The van der Waals surface area contributed by atoms with Crippen LogP contribution in [0.1, 0.15) is 26.2 Å². The summed E-state index contributed by atoms with van der Waals surface area (Å²) in [5, 5.41) is 4.20. The zero-order valence-electron chi connectivity index (χ0n) is 12.3. The minimum atomic E-state index is 0.426. The Morgan fingerprint density at radius 3 is 3.15 bits per heavy atom. The van der Waals surface area contributed by atoms with Crippen LogP contribution in [0.3, 0.4) is 0 Å². The summed E-state index contributed by atoms with van der Waals surface area (Å²) in [5.74, 6) is 0.